The van der Waals surface area contributed by atoms with Crippen molar-refractivity contribution in [3.05, 3.63) is 29.5 Å². The third-order valence-electron chi connectivity index (χ3n) is 2.03. The van der Waals surface area contributed by atoms with Gasteiger partial charge >= 0.3 is 0 Å². The summed E-state index contributed by atoms with van der Waals surface area (Å²) < 4.78 is 0.894. The van der Waals surface area contributed by atoms with Crippen LogP contribution in [-0.4, -0.2) is 20.3 Å². The predicted octanol–water partition coefficient (Wildman–Crippen LogP) is 2.53. The number of hydrogen-bond donors (Lipinski definition) is 1. The standard InChI is InChI=1S/C10H11N3OS2/c1-2-9(14)8-4-3-7(5-11-8)16-10-13-12-6-15-10/h3-6,9,14H,2H2,1H3/t9-/m0/s1. The molecule has 6 heteroatoms. The summed E-state index contributed by atoms with van der Waals surface area (Å²) in [5.41, 5.74) is 2.41. The number of pyridine rings is 1. The highest BCUT2D eigenvalue weighted by atomic mass is 32.2. The molecule has 16 heavy (non-hydrogen) atoms. The highest BCUT2D eigenvalue weighted by Gasteiger charge is 2.07. The van der Waals surface area contributed by atoms with Crippen LogP contribution < -0.4 is 0 Å². The Labute approximate surface area is 102 Å². The lowest BCUT2D eigenvalue weighted by Gasteiger charge is -2.06. The molecule has 1 atom stereocenters. The quantitative estimate of drug-likeness (QED) is 0.907. The summed E-state index contributed by atoms with van der Waals surface area (Å²) in [5.74, 6) is 0. The van der Waals surface area contributed by atoms with E-state index in [1.54, 1.807) is 11.7 Å². The molecule has 0 amide bonds. The van der Waals surface area contributed by atoms with Crippen molar-refractivity contribution < 1.29 is 5.11 Å². The highest BCUT2D eigenvalue weighted by molar-refractivity contribution is 8.01. The summed E-state index contributed by atoms with van der Waals surface area (Å²) in [6, 6.07) is 3.78. The fourth-order valence-corrected chi connectivity index (χ4v) is 2.59. The van der Waals surface area contributed by atoms with Crippen molar-refractivity contribution >= 4 is 23.1 Å². The van der Waals surface area contributed by atoms with Gasteiger partial charge in [-0.1, -0.05) is 30.0 Å². The second-order valence-electron chi connectivity index (χ2n) is 3.15. The van der Waals surface area contributed by atoms with Gasteiger partial charge in [-0.15, -0.1) is 10.2 Å². The van der Waals surface area contributed by atoms with Gasteiger partial charge in [0, 0.05) is 11.1 Å². The summed E-state index contributed by atoms with van der Waals surface area (Å²) >= 11 is 3.02. The molecule has 0 aliphatic rings. The average molecular weight is 253 g/mol. The molecule has 0 aliphatic carbocycles. The molecule has 0 unspecified atom stereocenters. The van der Waals surface area contributed by atoms with E-state index in [0.717, 1.165) is 9.24 Å². The van der Waals surface area contributed by atoms with Gasteiger partial charge in [-0.25, -0.2) is 0 Å². The molecular weight excluding hydrogens is 242 g/mol. The monoisotopic (exact) mass is 253 g/mol. The Kier molecular flexibility index (Phi) is 3.87. The second-order valence-corrected chi connectivity index (χ2v) is 5.30. The van der Waals surface area contributed by atoms with Gasteiger partial charge in [0.05, 0.1) is 11.8 Å². The van der Waals surface area contributed by atoms with Gasteiger partial charge in [-0.05, 0) is 18.6 Å². The van der Waals surface area contributed by atoms with Gasteiger partial charge in [-0.3, -0.25) is 4.98 Å². The smallest absolute Gasteiger partial charge is 0.178 e. The zero-order valence-electron chi connectivity index (χ0n) is 8.70. The first-order chi connectivity index (χ1) is 7.79. The first-order valence-corrected chi connectivity index (χ1v) is 6.57. The molecule has 0 spiro atoms. The minimum atomic E-state index is -0.472. The van der Waals surface area contributed by atoms with Gasteiger partial charge in [-0.2, -0.15) is 0 Å². The van der Waals surface area contributed by atoms with Crippen LogP contribution >= 0.6 is 23.1 Å². The Morgan fingerprint density at radius 2 is 2.38 bits per heavy atom. The molecular formula is C10H11N3OS2. The third-order valence-corrected chi connectivity index (χ3v) is 3.79. The minimum absolute atomic E-state index is 0.472. The number of aromatic nitrogens is 3. The first kappa shape index (κ1) is 11.5. The maximum Gasteiger partial charge on any atom is 0.178 e. The summed E-state index contributed by atoms with van der Waals surface area (Å²) in [6.07, 6.45) is 1.96. The van der Waals surface area contributed by atoms with E-state index < -0.39 is 6.10 Å². The van der Waals surface area contributed by atoms with Crippen LogP contribution in [0.3, 0.4) is 0 Å². The van der Waals surface area contributed by atoms with E-state index in [-0.39, 0.29) is 0 Å². The Morgan fingerprint density at radius 1 is 1.50 bits per heavy atom. The Hall–Kier alpha value is -0.980. The lowest BCUT2D eigenvalue weighted by molar-refractivity contribution is 0.169. The molecule has 0 aliphatic heterocycles. The number of nitrogens with zero attached hydrogens (tertiary/aromatic N) is 3. The van der Waals surface area contributed by atoms with Crippen LogP contribution in [0.15, 0.2) is 33.1 Å². The van der Waals surface area contributed by atoms with Crippen LogP contribution in [0.5, 0.6) is 0 Å². The summed E-state index contributed by atoms with van der Waals surface area (Å²) in [7, 11) is 0. The van der Waals surface area contributed by atoms with E-state index >= 15 is 0 Å². The number of hydrogen-bond acceptors (Lipinski definition) is 6. The molecule has 0 saturated heterocycles. The molecule has 0 radical (unpaired) electrons. The molecule has 1 N–H and O–H groups in total. The molecule has 2 heterocycles. The topological polar surface area (TPSA) is 58.9 Å². The Balaban J connectivity index is 2.07. The van der Waals surface area contributed by atoms with Gasteiger partial charge in [0.25, 0.3) is 0 Å². The van der Waals surface area contributed by atoms with Crippen molar-refractivity contribution in [2.75, 3.05) is 0 Å². The van der Waals surface area contributed by atoms with E-state index in [1.165, 1.54) is 23.1 Å². The zero-order chi connectivity index (χ0) is 11.4. The number of aliphatic hydroxyl groups excluding tert-OH is 1. The van der Waals surface area contributed by atoms with E-state index in [1.807, 2.05) is 19.1 Å². The van der Waals surface area contributed by atoms with Crippen molar-refractivity contribution in [3.8, 4) is 0 Å². The molecule has 2 aromatic rings. The Bertz CT molecular complexity index is 430. The molecule has 84 valence electrons. The summed E-state index contributed by atoms with van der Waals surface area (Å²) in [6.45, 7) is 1.93. The lowest BCUT2D eigenvalue weighted by Crippen LogP contribution is -1.97. The zero-order valence-corrected chi connectivity index (χ0v) is 10.3. The van der Waals surface area contributed by atoms with E-state index in [9.17, 15) is 5.11 Å². The maximum absolute atomic E-state index is 9.59. The largest absolute Gasteiger partial charge is 0.387 e. The first-order valence-electron chi connectivity index (χ1n) is 4.87. The SMILES string of the molecule is CC[C@H](O)c1ccc(Sc2nncs2)cn1. The van der Waals surface area contributed by atoms with Crippen LogP contribution in [0.1, 0.15) is 25.1 Å². The predicted molar refractivity (Wildman–Crippen MR) is 63.5 cm³/mol. The second kappa shape index (κ2) is 5.38. The lowest BCUT2D eigenvalue weighted by atomic mass is 10.2. The van der Waals surface area contributed by atoms with Gasteiger partial charge in [0.2, 0.25) is 0 Å². The van der Waals surface area contributed by atoms with Crippen molar-refractivity contribution in [1.82, 2.24) is 15.2 Å². The molecule has 0 bridgehead atoms. The maximum atomic E-state index is 9.59. The molecule has 0 fully saturated rings. The summed E-state index contributed by atoms with van der Waals surface area (Å²) in [5, 5.41) is 17.3. The molecule has 0 aromatic carbocycles. The van der Waals surface area contributed by atoms with Crippen LogP contribution in [0.4, 0.5) is 0 Å². The van der Waals surface area contributed by atoms with Gasteiger partial charge in [0.15, 0.2) is 4.34 Å². The van der Waals surface area contributed by atoms with Crippen molar-refractivity contribution in [2.24, 2.45) is 0 Å². The van der Waals surface area contributed by atoms with Crippen LogP contribution in [0.25, 0.3) is 0 Å². The van der Waals surface area contributed by atoms with Crippen molar-refractivity contribution in [1.29, 1.82) is 0 Å². The molecule has 2 aromatic heterocycles. The van der Waals surface area contributed by atoms with Crippen LogP contribution in [0, 0.1) is 0 Å². The van der Waals surface area contributed by atoms with Crippen LogP contribution in [0.2, 0.25) is 0 Å². The van der Waals surface area contributed by atoms with Crippen LogP contribution in [-0.2, 0) is 0 Å². The van der Waals surface area contributed by atoms with E-state index in [0.29, 0.717) is 12.1 Å². The summed E-state index contributed by atoms with van der Waals surface area (Å²) in [4.78, 5) is 5.22. The van der Waals surface area contributed by atoms with E-state index in [2.05, 4.69) is 15.2 Å². The molecule has 2 rings (SSSR count). The van der Waals surface area contributed by atoms with Crippen molar-refractivity contribution in [3.63, 3.8) is 0 Å². The fraction of sp³-hybridized carbons (Fsp3) is 0.300. The number of aliphatic hydroxyl groups is 1. The average Bonchev–Trinajstić information content (AvgIpc) is 2.82. The normalized spacial score (nSPS) is 12.6. The molecule has 4 nitrogen and oxygen atoms in total. The van der Waals surface area contributed by atoms with E-state index in [4.69, 9.17) is 0 Å². The third kappa shape index (κ3) is 2.78. The Morgan fingerprint density at radius 3 is 2.94 bits per heavy atom. The van der Waals surface area contributed by atoms with Crippen molar-refractivity contribution in [2.45, 2.75) is 28.7 Å². The molecule has 0 saturated carbocycles. The fourth-order valence-electron chi connectivity index (χ4n) is 1.17. The number of rotatable bonds is 4. The van der Waals surface area contributed by atoms with Gasteiger partial charge in [0.1, 0.15) is 5.51 Å². The van der Waals surface area contributed by atoms with Gasteiger partial charge < -0.3 is 5.11 Å². The highest BCUT2D eigenvalue weighted by Crippen LogP contribution is 2.28. The minimum Gasteiger partial charge on any atom is -0.387 e.